The molecule has 1 aromatic heterocycles. The van der Waals surface area contributed by atoms with Gasteiger partial charge in [-0.15, -0.1) is 0 Å². The molecule has 0 bridgehead atoms. The monoisotopic (exact) mass is 319 g/mol. The van der Waals surface area contributed by atoms with Crippen LogP contribution in [-0.4, -0.2) is 16.8 Å². The van der Waals surface area contributed by atoms with Gasteiger partial charge in [0.15, 0.2) is 0 Å². The van der Waals surface area contributed by atoms with Gasteiger partial charge in [0.1, 0.15) is 0 Å². The molecule has 0 radical (unpaired) electrons. The minimum absolute atomic E-state index is 0.174. The van der Waals surface area contributed by atoms with E-state index in [0.29, 0.717) is 0 Å². The van der Waals surface area contributed by atoms with E-state index in [1.54, 1.807) is 0 Å². The second-order valence-corrected chi connectivity index (χ2v) is 5.96. The lowest BCUT2D eigenvalue weighted by Crippen LogP contribution is -2.21. The summed E-state index contributed by atoms with van der Waals surface area (Å²) in [7, 11) is 3.98. The van der Waals surface area contributed by atoms with E-state index in [0.717, 1.165) is 4.47 Å². The third-order valence-corrected chi connectivity index (χ3v) is 4.57. The fraction of sp³-hybridized carbons (Fsp3) is 0.400. The number of rotatable bonds is 3. The maximum absolute atomic E-state index is 4.31. The van der Waals surface area contributed by atoms with E-state index in [1.165, 1.54) is 41.6 Å². The van der Waals surface area contributed by atoms with Gasteiger partial charge in [-0.3, -0.25) is 4.68 Å². The predicted molar refractivity (Wildman–Crippen MR) is 80.3 cm³/mol. The summed E-state index contributed by atoms with van der Waals surface area (Å²) in [6, 6.07) is 7.05. The van der Waals surface area contributed by atoms with Crippen molar-refractivity contribution >= 4 is 15.9 Å². The summed E-state index contributed by atoms with van der Waals surface area (Å²) in [6.45, 7) is 0. The summed E-state index contributed by atoms with van der Waals surface area (Å²) in [5, 5.41) is 7.72. The first-order valence-corrected chi connectivity index (χ1v) is 7.46. The van der Waals surface area contributed by atoms with Gasteiger partial charge in [0, 0.05) is 7.05 Å². The van der Waals surface area contributed by atoms with E-state index in [-0.39, 0.29) is 6.04 Å². The van der Waals surface area contributed by atoms with Gasteiger partial charge in [-0.2, -0.15) is 5.10 Å². The van der Waals surface area contributed by atoms with Crippen LogP contribution in [0.25, 0.3) is 0 Å². The van der Waals surface area contributed by atoms with E-state index < -0.39 is 0 Å². The van der Waals surface area contributed by atoms with Crippen molar-refractivity contribution in [2.75, 3.05) is 7.05 Å². The van der Waals surface area contributed by atoms with Crippen molar-refractivity contribution in [1.82, 2.24) is 15.1 Å². The van der Waals surface area contributed by atoms with Crippen LogP contribution in [0.15, 0.2) is 28.9 Å². The zero-order valence-corrected chi connectivity index (χ0v) is 12.9. The van der Waals surface area contributed by atoms with Crippen molar-refractivity contribution in [2.45, 2.75) is 25.3 Å². The number of nitrogens with zero attached hydrogens (tertiary/aromatic N) is 2. The standard InChI is InChI=1S/C15H18BrN3/c1-17-14(15-13(16)9-18-19(15)2)12-7-6-10-4-3-5-11(10)8-12/h6-9,14,17H,3-5H2,1-2H3. The molecule has 0 saturated carbocycles. The van der Waals surface area contributed by atoms with Gasteiger partial charge in [-0.05, 0) is 58.9 Å². The fourth-order valence-electron chi connectivity index (χ4n) is 2.98. The van der Waals surface area contributed by atoms with Crippen LogP contribution in [-0.2, 0) is 19.9 Å². The Kier molecular flexibility index (Phi) is 3.46. The first kappa shape index (κ1) is 12.9. The molecule has 1 aliphatic rings. The number of benzene rings is 1. The molecule has 1 aromatic carbocycles. The zero-order valence-electron chi connectivity index (χ0n) is 11.3. The molecule has 0 saturated heterocycles. The van der Waals surface area contributed by atoms with Crippen molar-refractivity contribution in [3.05, 3.63) is 51.3 Å². The Bertz CT molecular complexity index is 584. The highest BCUT2D eigenvalue weighted by molar-refractivity contribution is 9.10. The van der Waals surface area contributed by atoms with E-state index in [1.807, 2.05) is 25.0 Å². The summed E-state index contributed by atoms with van der Waals surface area (Å²) >= 11 is 3.59. The molecule has 100 valence electrons. The molecule has 1 unspecified atom stereocenters. The SMILES string of the molecule is CNC(c1ccc2c(c1)CCC2)c1c(Br)cnn1C. The first-order chi connectivity index (χ1) is 9.20. The third-order valence-electron chi connectivity index (χ3n) is 3.96. The van der Waals surface area contributed by atoms with E-state index in [2.05, 4.69) is 44.5 Å². The van der Waals surface area contributed by atoms with Crippen LogP contribution in [0.4, 0.5) is 0 Å². The average Bonchev–Trinajstić information content (AvgIpc) is 3.00. The Hall–Kier alpha value is -1.13. The highest BCUT2D eigenvalue weighted by Gasteiger charge is 2.21. The molecule has 3 rings (SSSR count). The van der Waals surface area contributed by atoms with Crippen LogP contribution in [0, 0.1) is 0 Å². The van der Waals surface area contributed by atoms with Crippen LogP contribution in [0.2, 0.25) is 0 Å². The summed E-state index contributed by atoms with van der Waals surface area (Å²) < 4.78 is 2.98. The Morgan fingerprint density at radius 2 is 2.11 bits per heavy atom. The van der Waals surface area contributed by atoms with Crippen molar-refractivity contribution in [2.24, 2.45) is 7.05 Å². The second kappa shape index (κ2) is 5.10. The van der Waals surface area contributed by atoms with E-state index >= 15 is 0 Å². The van der Waals surface area contributed by atoms with Gasteiger partial charge >= 0.3 is 0 Å². The highest BCUT2D eigenvalue weighted by Crippen LogP contribution is 2.31. The molecule has 4 heteroatoms. The van der Waals surface area contributed by atoms with Crippen LogP contribution in [0.1, 0.15) is 34.8 Å². The molecule has 0 fully saturated rings. The molecule has 1 N–H and O–H groups in total. The van der Waals surface area contributed by atoms with Gasteiger partial charge in [0.25, 0.3) is 0 Å². The number of hydrogen-bond donors (Lipinski definition) is 1. The lowest BCUT2D eigenvalue weighted by molar-refractivity contribution is 0.603. The molecular weight excluding hydrogens is 302 g/mol. The molecule has 1 heterocycles. The van der Waals surface area contributed by atoms with Crippen LogP contribution < -0.4 is 5.32 Å². The molecule has 0 spiro atoms. The maximum atomic E-state index is 4.31. The minimum Gasteiger partial charge on any atom is -0.308 e. The van der Waals surface area contributed by atoms with Crippen molar-refractivity contribution in [3.63, 3.8) is 0 Å². The molecule has 0 amide bonds. The zero-order chi connectivity index (χ0) is 13.4. The molecule has 0 aliphatic heterocycles. The summed E-state index contributed by atoms with van der Waals surface area (Å²) in [6.07, 6.45) is 5.59. The number of fused-ring (bicyclic) bond motifs is 1. The lowest BCUT2D eigenvalue weighted by atomic mass is 9.99. The van der Waals surface area contributed by atoms with Gasteiger partial charge in [-0.25, -0.2) is 0 Å². The van der Waals surface area contributed by atoms with Gasteiger partial charge < -0.3 is 5.32 Å². The Labute approximate surface area is 122 Å². The smallest absolute Gasteiger partial charge is 0.0757 e. The van der Waals surface area contributed by atoms with Gasteiger partial charge in [0.05, 0.1) is 22.4 Å². The van der Waals surface area contributed by atoms with E-state index in [4.69, 9.17) is 0 Å². The van der Waals surface area contributed by atoms with Crippen molar-refractivity contribution < 1.29 is 0 Å². The Balaban J connectivity index is 2.03. The van der Waals surface area contributed by atoms with Crippen LogP contribution >= 0.6 is 15.9 Å². The highest BCUT2D eigenvalue weighted by atomic mass is 79.9. The van der Waals surface area contributed by atoms with Crippen LogP contribution in [0.3, 0.4) is 0 Å². The normalized spacial score (nSPS) is 15.5. The second-order valence-electron chi connectivity index (χ2n) is 5.10. The summed E-state index contributed by atoms with van der Waals surface area (Å²) in [5.41, 5.74) is 5.51. The number of hydrogen-bond acceptors (Lipinski definition) is 2. The summed E-state index contributed by atoms with van der Waals surface area (Å²) in [5.74, 6) is 0. The topological polar surface area (TPSA) is 29.9 Å². The fourth-order valence-corrected chi connectivity index (χ4v) is 3.55. The van der Waals surface area contributed by atoms with Crippen LogP contribution in [0.5, 0.6) is 0 Å². The number of halogens is 1. The lowest BCUT2D eigenvalue weighted by Gasteiger charge is -2.19. The van der Waals surface area contributed by atoms with Gasteiger partial charge in [0.2, 0.25) is 0 Å². The first-order valence-electron chi connectivity index (χ1n) is 6.67. The van der Waals surface area contributed by atoms with Crippen molar-refractivity contribution in [1.29, 1.82) is 0 Å². The molecule has 19 heavy (non-hydrogen) atoms. The molecule has 1 aliphatic carbocycles. The minimum atomic E-state index is 0.174. The van der Waals surface area contributed by atoms with Crippen molar-refractivity contribution in [3.8, 4) is 0 Å². The van der Waals surface area contributed by atoms with Gasteiger partial charge in [-0.1, -0.05) is 18.2 Å². The Morgan fingerprint density at radius 3 is 2.79 bits per heavy atom. The number of aryl methyl sites for hydroxylation is 3. The molecule has 2 aromatic rings. The maximum Gasteiger partial charge on any atom is 0.0757 e. The molecule has 1 atom stereocenters. The predicted octanol–water partition coefficient (Wildman–Crippen LogP) is 2.98. The summed E-state index contributed by atoms with van der Waals surface area (Å²) in [4.78, 5) is 0. The number of aromatic nitrogens is 2. The number of nitrogens with one attached hydrogen (secondary N) is 1. The largest absolute Gasteiger partial charge is 0.308 e. The molecular formula is C15H18BrN3. The average molecular weight is 320 g/mol. The third kappa shape index (κ3) is 2.23. The van der Waals surface area contributed by atoms with E-state index in [9.17, 15) is 0 Å². The Morgan fingerprint density at radius 1 is 1.32 bits per heavy atom. The quantitative estimate of drug-likeness (QED) is 0.942. The molecule has 3 nitrogen and oxygen atoms in total.